The van der Waals surface area contributed by atoms with Crippen molar-refractivity contribution in [1.82, 2.24) is 35.2 Å². The minimum atomic E-state index is -0.811. The van der Waals surface area contributed by atoms with Crippen molar-refractivity contribution < 1.29 is 33.0 Å². The fourth-order valence-corrected chi connectivity index (χ4v) is 9.18. The maximum Gasteiger partial charge on any atom is 0.320 e. The number of urea groups is 1. The molecule has 6 aliphatic rings. The number of ether oxygens (including phenoxy) is 2. The zero-order valence-corrected chi connectivity index (χ0v) is 33.6. The summed E-state index contributed by atoms with van der Waals surface area (Å²) >= 11 is 0. The van der Waals surface area contributed by atoms with Gasteiger partial charge in [-0.05, 0) is 61.9 Å². The van der Waals surface area contributed by atoms with Gasteiger partial charge in [0.05, 0.1) is 23.1 Å². The van der Waals surface area contributed by atoms with Crippen LogP contribution in [0.1, 0.15) is 42.6 Å². The van der Waals surface area contributed by atoms with Crippen LogP contribution < -0.4 is 45.9 Å². The summed E-state index contributed by atoms with van der Waals surface area (Å²) in [5.74, 6) is 0.244. The molecule has 7 heterocycles. The molecular formula is C40H50FN13O6. The van der Waals surface area contributed by atoms with E-state index in [2.05, 4.69) is 45.8 Å². The summed E-state index contributed by atoms with van der Waals surface area (Å²) in [6.45, 7) is 8.21. The molecule has 0 aliphatic carbocycles. The number of rotatable bonds is 11. The molecule has 2 aromatic carbocycles. The van der Waals surface area contributed by atoms with E-state index in [9.17, 15) is 19.2 Å². The van der Waals surface area contributed by atoms with Crippen LogP contribution in [0.15, 0.2) is 30.3 Å². The summed E-state index contributed by atoms with van der Waals surface area (Å²) in [6, 6.07) is 8.27. The Bertz CT molecular complexity index is 2170. The van der Waals surface area contributed by atoms with Crippen LogP contribution in [0.5, 0.6) is 11.5 Å². The Morgan fingerprint density at radius 2 is 1.72 bits per heavy atom. The molecule has 318 valence electrons. The monoisotopic (exact) mass is 827 g/mol. The van der Waals surface area contributed by atoms with Crippen molar-refractivity contribution in [2.75, 3.05) is 111 Å². The number of anilines is 6. The van der Waals surface area contributed by atoms with Crippen LogP contribution in [0.25, 0.3) is 0 Å². The molecule has 0 bridgehead atoms. The van der Waals surface area contributed by atoms with E-state index >= 15 is 4.39 Å². The minimum absolute atomic E-state index is 0.00444. The number of piperidine rings is 2. The van der Waals surface area contributed by atoms with E-state index in [1.165, 1.54) is 6.07 Å². The lowest BCUT2D eigenvalue weighted by atomic mass is 10.0. The molecule has 0 spiro atoms. The number of nitrogens with two attached hydrogens (primary N) is 1. The highest BCUT2D eigenvalue weighted by Crippen LogP contribution is 2.48. The van der Waals surface area contributed by atoms with Crippen LogP contribution in [0.3, 0.4) is 0 Å². The van der Waals surface area contributed by atoms with E-state index in [1.807, 2.05) is 21.9 Å². The number of imide groups is 1. The van der Waals surface area contributed by atoms with Crippen LogP contribution in [0, 0.1) is 11.7 Å². The molecule has 9 rings (SSSR count). The fourth-order valence-electron chi connectivity index (χ4n) is 9.18. The summed E-state index contributed by atoms with van der Waals surface area (Å²) in [5, 5.41) is 17.0. The molecule has 20 heteroatoms. The number of piperazine rings is 1. The molecule has 1 aromatic heterocycles. The number of nitrogens with one attached hydrogen (secondary N) is 3. The van der Waals surface area contributed by atoms with Gasteiger partial charge in [-0.1, -0.05) is 0 Å². The number of hydrogen-bond donors (Lipinski definition) is 4. The molecule has 5 N–H and O–H groups in total. The van der Waals surface area contributed by atoms with Crippen LogP contribution in [0.4, 0.5) is 43.7 Å². The highest BCUT2D eigenvalue weighted by Gasteiger charge is 2.36. The third-order valence-electron chi connectivity index (χ3n) is 12.4. The van der Waals surface area contributed by atoms with Gasteiger partial charge in [0, 0.05) is 91.1 Å². The number of primary amides is 1. The minimum Gasteiger partial charge on any atom is -0.451 e. The first-order chi connectivity index (χ1) is 29.1. The zero-order valence-electron chi connectivity index (χ0n) is 33.6. The number of carbonyl (C=O) groups is 4. The SMILES string of the molecule is CN1CCN([C@@H]2CCCN(c3nnc(C(N)=O)c(Nc4ccc(N5CCN(CC6CCN(c7ccc(NC8CCC(=O)NC8=O)c8c7OCO8)C6)CC5)c(F)c4)n3)C2)C1=O. The number of aromatic nitrogens is 3. The number of hydrogen-bond acceptors (Lipinski definition) is 15. The summed E-state index contributed by atoms with van der Waals surface area (Å²) < 4.78 is 27.5. The standard InChI is InChI=1S/C40H50FN13O6/c1-49-13-18-54(40(49)58)26-3-2-11-53(22-26)39-46-37(33(36(42)56)47-48-39)43-25-4-7-30(27(41)19-25)51-16-14-50(15-17-51)20-24-10-12-52(21-24)31-8-5-28(34-35(31)60-23-59-34)44-29-6-9-32(55)45-38(29)57/h4-5,7-8,19,24,26,29,44H,2-3,6,9-18,20-23H2,1H3,(H2,42,56)(H,43,46,48)(H,45,55,57)/t24?,26-,29?/m1/s1. The van der Waals surface area contributed by atoms with E-state index in [4.69, 9.17) is 15.2 Å². The Kier molecular flexibility index (Phi) is 10.8. The second kappa shape index (κ2) is 16.5. The smallest absolute Gasteiger partial charge is 0.320 e. The van der Waals surface area contributed by atoms with Gasteiger partial charge in [-0.2, -0.15) is 4.98 Å². The van der Waals surface area contributed by atoms with Gasteiger partial charge < -0.3 is 50.3 Å². The Balaban J connectivity index is 0.788. The van der Waals surface area contributed by atoms with Gasteiger partial charge in [-0.25, -0.2) is 9.18 Å². The summed E-state index contributed by atoms with van der Waals surface area (Å²) in [7, 11) is 1.80. The van der Waals surface area contributed by atoms with Crippen molar-refractivity contribution in [2.24, 2.45) is 11.7 Å². The predicted molar refractivity (Wildman–Crippen MR) is 219 cm³/mol. The Morgan fingerprint density at radius 1 is 0.900 bits per heavy atom. The first-order valence-corrected chi connectivity index (χ1v) is 20.7. The summed E-state index contributed by atoms with van der Waals surface area (Å²) in [5.41, 5.74) is 7.99. The molecule has 3 atom stereocenters. The van der Waals surface area contributed by atoms with Gasteiger partial charge in [0.2, 0.25) is 24.6 Å². The average Bonchev–Trinajstić information content (AvgIpc) is 4.00. The van der Waals surface area contributed by atoms with Gasteiger partial charge in [0.25, 0.3) is 5.91 Å². The van der Waals surface area contributed by atoms with Gasteiger partial charge in [-0.15, -0.1) is 10.2 Å². The van der Waals surface area contributed by atoms with Crippen molar-refractivity contribution in [3.05, 3.63) is 41.8 Å². The predicted octanol–water partition coefficient (Wildman–Crippen LogP) is 1.78. The quantitative estimate of drug-likeness (QED) is 0.203. The average molecular weight is 828 g/mol. The van der Waals surface area contributed by atoms with Crippen molar-refractivity contribution in [3.8, 4) is 11.5 Å². The van der Waals surface area contributed by atoms with E-state index in [1.54, 1.807) is 24.1 Å². The lowest BCUT2D eigenvalue weighted by Crippen LogP contribution is -2.49. The molecule has 60 heavy (non-hydrogen) atoms. The van der Waals surface area contributed by atoms with Crippen LogP contribution in [-0.4, -0.2) is 152 Å². The number of nitrogens with zero attached hydrogens (tertiary/aromatic N) is 9. The van der Waals surface area contributed by atoms with Crippen molar-refractivity contribution in [2.45, 2.75) is 44.2 Å². The van der Waals surface area contributed by atoms with Gasteiger partial charge in [0.15, 0.2) is 23.0 Å². The zero-order chi connectivity index (χ0) is 41.5. The summed E-state index contributed by atoms with van der Waals surface area (Å²) in [4.78, 5) is 65.9. The number of likely N-dealkylation sites (N-methyl/N-ethyl adjacent to an activating group) is 1. The Morgan fingerprint density at radius 3 is 2.48 bits per heavy atom. The van der Waals surface area contributed by atoms with Gasteiger partial charge >= 0.3 is 6.03 Å². The second-order valence-corrected chi connectivity index (χ2v) is 16.3. The Labute approximate surface area is 346 Å². The fraction of sp³-hybridized carbons (Fsp3) is 0.525. The van der Waals surface area contributed by atoms with E-state index in [0.29, 0.717) is 86.1 Å². The van der Waals surface area contributed by atoms with Gasteiger partial charge in [-0.3, -0.25) is 24.6 Å². The first kappa shape index (κ1) is 39.3. The first-order valence-electron chi connectivity index (χ1n) is 20.7. The summed E-state index contributed by atoms with van der Waals surface area (Å²) in [6.07, 6.45) is 3.42. The largest absolute Gasteiger partial charge is 0.451 e. The molecule has 19 nitrogen and oxygen atoms in total. The normalized spacial score (nSPS) is 23.4. The Hall–Kier alpha value is -6.18. The number of carbonyl (C=O) groups excluding carboxylic acids is 4. The maximum atomic E-state index is 15.8. The van der Waals surface area contributed by atoms with Crippen molar-refractivity contribution in [1.29, 1.82) is 0 Å². The number of fused-ring (bicyclic) bond motifs is 1. The number of benzene rings is 2. The lowest BCUT2D eigenvalue weighted by molar-refractivity contribution is -0.133. The van der Waals surface area contributed by atoms with Crippen molar-refractivity contribution >= 4 is 58.3 Å². The highest BCUT2D eigenvalue weighted by molar-refractivity contribution is 6.01. The molecule has 5 saturated heterocycles. The molecule has 0 radical (unpaired) electrons. The second-order valence-electron chi connectivity index (χ2n) is 16.3. The maximum absolute atomic E-state index is 15.8. The molecule has 3 aromatic rings. The number of amides is 5. The number of halogens is 1. The highest BCUT2D eigenvalue weighted by atomic mass is 19.1. The lowest BCUT2D eigenvalue weighted by Gasteiger charge is -2.37. The molecule has 5 fully saturated rings. The molecule has 2 unspecified atom stereocenters. The molecule has 0 saturated carbocycles. The van der Waals surface area contributed by atoms with Crippen LogP contribution in [-0.2, 0) is 9.59 Å². The topological polar surface area (TPSA) is 207 Å². The third kappa shape index (κ3) is 7.94. The van der Waals surface area contributed by atoms with Crippen LogP contribution in [0.2, 0.25) is 0 Å². The van der Waals surface area contributed by atoms with Gasteiger partial charge in [0.1, 0.15) is 11.9 Å². The van der Waals surface area contributed by atoms with E-state index < -0.39 is 17.8 Å². The molecule has 6 aliphatic heterocycles. The van der Waals surface area contributed by atoms with Crippen LogP contribution >= 0.6 is 0 Å². The van der Waals surface area contributed by atoms with E-state index in [-0.39, 0.29) is 48.6 Å². The molecular weight excluding hydrogens is 778 g/mol. The van der Waals surface area contributed by atoms with Crippen molar-refractivity contribution in [3.63, 3.8) is 0 Å². The van der Waals surface area contributed by atoms with E-state index in [0.717, 1.165) is 57.7 Å². The molecule has 5 amide bonds. The third-order valence-corrected chi connectivity index (χ3v) is 12.4.